The maximum Gasteiger partial charge on any atom is 0.422 e. The van der Waals surface area contributed by atoms with Crippen LogP contribution in [0.1, 0.15) is 12.8 Å². The largest absolute Gasteiger partial charge is 0.440 e. The Labute approximate surface area is 91.1 Å². The average molecular weight is 241 g/mol. The maximum absolute atomic E-state index is 11.7. The molecule has 1 unspecified atom stereocenters. The summed E-state index contributed by atoms with van der Waals surface area (Å²) in [4.78, 5) is 10.8. The van der Waals surface area contributed by atoms with Crippen molar-refractivity contribution < 1.29 is 27.4 Å². The van der Waals surface area contributed by atoms with E-state index < -0.39 is 18.9 Å². The monoisotopic (exact) mass is 241 g/mol. The molecular weight excluding hydrogens is 227 g/mol. The van der Waals surface area contributed by atoms with Crippen molar-refractivity contribution >= 4 is 6.09 Å². The third-order valence-electron chi connectivity index (χ3n) is 2.21. The van der Waals surface area contributed by atoms with E-state index >= 15 is 0 Å². The summed E-state index contributed by atoms with van der Waals surface area (Å²) in [6, 6.07) is 0. The predicted octanol–water partition coefficient (Wildman–Crippen LogP) is 1.70. The molecule has 0 saturated carbocycles. The van der Waals surface area contributed by atoms with Crippen molar-refractivity contribution in [2.75, 3.05) is 26.4 Å². The molecule has 1 aliphatic rings. The smallest absolute Gasteiger partial charge is 0.422 e. The number of carbonyl (C=O) groups excluding carboxylic acids is 1. The first kappa shape index (κ1) is 13.1. The van der Waals surface area contributed by atoms with E-state index in [4.69, 9.17) is 4.74 Å². The van der Waals surface area contributed by atoms with Crippen LogP contribution in [-0.2, 0) is 9.47 Å². The highest BCUT2D eigenvalue weighted by atomic mass is 19.4. The fourth-order valence-electron chi connectivity index (χ4n) is 1.39. The topological polar surface area (TPSA) is 47.6 Å². The molecule has 1 aliphatic heterocycles. The van der Waals surface area contributed by atoms with Gasteiger partial charge in [-0.3, -0.25) is 0 Å². The lowest BCUT2D eigenvalue weighted by Crippen LogP contribution is -2.30. The summed E-state index contributed by atoms with van der Waals surface area (Å²) in [6.45, 7) is 0.124. The third-order valence-corrected chi connectivity index (χ3v) is 2.21. The number of rotatable bonds is 4. The second kappa shape index (κ2) is 5.93. The van der Waals surface area contributed by atoms with Crippen LogP contribution >= 0.6 is 0 Å². The standard InChI is InChI=1S/C9H14F3NO3/c10-9(11,12)6-16-8(14)13-3-1-7-2-4-15-5-7/h7H,1-6H2,(H,13,14). The molecule has 0 aromatic carbocycles. The molecule has 1 fully saturated rings. The molecule has 94 valence electrons. The summed E-state index contributed by atoms with van der Waals surface area (Å²) in [5.74, 6) is 0.378. The molecule has 1 amide bonds. The maximum atomic E-state index is 11.7. The molecule has 7 heteroatoms. The van der Waals surface area contributed by atoms with Crippen LogP contribution < -0.4 is 5.32 Å². The van der Waals surface area contributed by atoms with Crippen molar-refractivity contribution in [2.45, 2.75) is 19.0 Å². The van der Waals surface area contributed by atoms with Gasteiger partial charge in [0, 0.05) is 19.8 Å². The van der Waals surface area contributed by atoms with Crippen LogP contribution in [0.3, 0.4) is 0 Å². The van der Waals surface area contributed by atoms with Crippen molar-refractivity contribution in [1.29, 1.82) is 0 Å². The molecule has 1 atom stereocenters. The highest BCUT2D eigenvalue weighted by Gasteiger charge is 2.29. The van der Waals surface area contributed by atoms with E-state index in [1.165, 1.54) is 0 Å². The molecule has 16 heavy (non-hydrogen) atoms. The summed E-state index contributed by atoms with van der Waals surface area (Å²) < 4.78 is 44.1. The normalized spacial score (nSPS) is 20.8. The number of alkyl halides is 3. The van der Waals surface area contributed by atoms with Gasteiger partial charge in [-0.2, -0.15) is 13.2 Å². The Balaban J connectivity index is 2.01. The van der Waals surface area contributed by atoms with E-state index in [2.05, 4.69) is 10.1 Å². The number of amides is 1. The van der Waals surface area contributed by atoms with Crippen LogP contribution in [0, 0.1) is 5.92 Å². The van der Waals surface area contributed by atoms with Crippen molar-refractivity contribution in [2.24, 2.45) is 5.92 Å². The SMILES string of the molecule is O=C(NCCC1CCOC1)OCC(F)(F)F. The molecule has 1 heterocycles. The second-order valence-electron chi connectivity index (χ2n) is 3.64. The highest BCUT2D eigenvalue weighted by molar-refractivity contribution is 5.67. The van der Waals surface area contributed by atoms with E-state index in [9.17, 15) is 18.0 Å². The van der Waals surface area contributed by atoms with Gasteiger partial charge in [0.05, 0.1) is 0 Å². The Morgan fingerprint density at radius 1 is 1.50 bits per heavy atom. The molecule has 0 aromatic rings. The van der Waals surface area contributed by atoms with Crippen molar-refractivity contribution in [3.63, 3.8) is 0 Å². The van der Waals surface area contributed by atoms with E-state index in [0.29, 0.717) is 32.1 Å². The molecule has 0 spiro atoms. The molecule has 0 radical (unpaired) electrons. The zero-order valence-corrected chi connectivity index (χ0v) is 8.68. The van der Waals surface area contributed by atoms with Crippen molar-refractivity contribution in [1.82, 2.24) is 5.32 Å². The van der Waals surface area contributed by atoms with Crippen LogP contribution in [0.2, 0.25) is 0 Å². The van der Waals surface area contributed by atoms with Gasteiger partial charge in [0.25, 0.3) is 0 Å². The van der Waals surface area contributed by atoms with Crippen LogP contribution in [0.15, 0.2) is 0 Å². The second-order valence-corrected chi connectivity index (χ2v) is 3.64. The highest BCUT2D eigenvalue weighted by Crippen LogP contribution is 2.16. The van der Waals surface area contributed by atoms with Gasteiger partial charge in [0.15, 0.2) is 6.61 Å². The Morgan fingerprint density at radius 2 is 2.25 bits per heavy atom. The number of nitrogens with one attached hydrogen (secondary N) is 1. The number of hydrogen-bond acceptors (Lipinski definition) is 3. The first-order chi connectivity index (χ1) is 7.47. The quantitative estimate of drug-likeness (QED) is 0.814. The van der Waals surface area contributed by atoms with Gasteiger partial charge < -0.3 is 14.8 Å². The minimum absolute atomic E-state index is 0.310. The Kier molecular flexibility index (Phi) is 4.85. The Hall–Kier alpha value is -0.980. The summed E-state index contributed by atoms with van der Waals surface area (Å²) in [6.07, 6.45) is -3.88. The van der Waals surface area contributed by atoms with Crippen molar-refractivity contribution in [3.8, 4) is 0 Å². The van der Waals surface area contributed by atoms with E-state index in [0.717, 1.165) is 6.42 Å². The fourth-order valence-corrected chi connectivity index (χ4v) is 1.39. The lowest BCUT2D eigenvalue weighted by Gasteiger charge is -2.10. The lowest BCUT2D eigenvalue weighted by molar-refractivity contribution is -0.160. The average Bonchev–Trinajstić information content (AvgIpc) is 2.66. The predicted molar refractivity (Wildman–Crippen MR) is 48.9 cm³/mol. The zero-order valence-electron chi connectivity index (χ0n) is 8.68. The van der Waals surface area contributed by atoms with Crippen molar-refractivity contribution in [3.05, 3.63) is 0 Å². The number of carbonyl (C=O) groups is 1. The van der Waals surface area contributed by atoms with Crippen LogP contribution in [0.25, 0.3) is 0 Å². The summed E-state index contributed by atoms with van der Waals surface area (Å²) >= 11 is 0. The van der Waals surface area contributed by atoms with E-state index in [1.807, 2.05) is 0 Å². The molecule has 1 rings (SSSR count). The summed E-state index contributed by atoms with van der Waals surface area (Å²) in [5.41, 5.74) is 0. The molecular formula is C9H14F3NO3. The van der Waals surface area contributed by atoms with Crippen LogP contribution in [-0.4, -0.2) is 38.6 Å². The first-order valence-electron chi connectivity index (χ1n) is 5.02. The Bertz CT molecular complexity index is 227. The van der Waals surface area contributed by atoms with E-state index in [-0.39, 0.29) is 0 Å². The number of hydrogen-bond donors (Lipinski definition) is 1. The first-order valence-corrected chi connectivity index (χ1v) is 5.02. The zero-order chi connectivity index (χ0) is 12.0. The summed E-state index contributed by atoms with van der Waals surface area (Å²) in [5, 5.41) is 2.27. The van der Waals surface area contributed by atoms with Gasteiger partial charge in [-0.1, -0.05) is 0 Å². The molecule has 0 bridgehead atoms. The van der Waals surface area contributed by atoms with E-state index in [1.54, 1.807) is 0 Å². The molecule has 0 aliphatic carbocycles. The van der Waals surface area contributed by atoms with Gasteiger partial charge in [0.2, 0.25) is 0 Å². The van der Waals surface area contributed by atoms with Gasteiger partial charge in [-0.25, -0.2) is 4.79 Å². The lowest BCUT2D eigenvalue weighted by atomic mass is 10.1. The van der Waals surface area contributed by atoms with Crippen LogP contribution in [0.4, 0.5) is 18.0 Å². The molecule has 4 nitrogen and oxygen atoms in total. The minimum Gasteiger partial charge on any atom is -0.440 e. The number of ether oxygens (including phenoxy) is 2. The summed E-state index contributed by atoms with van der Waals surface area (Å²) in [7, 11) is 0. The van der Waals surface area contributed by atoms with Crippen LogP contribution in [0.5, 0.6) is 0 Å². The number of alkyl carbamates (subject to hydrolysis) is 1. The van der Waals surface area contributed by atoms with Gasteiger partial charge in [-0.05, 0) is 18.8 Å². The Morgan fingerprint density at radius 3 is 2.81 bits per heavy atom. The molecule has 0 aromatic heterocycles. The van der Waals surface area contributed by atoms with Gasteiger partial charge in [0.1, 0.15) is 0 Å². The molecule has 1 saturated heterocycles. The van der Waals surface area contributed by atoms with Gasteiger partial charge in [-0.15, -0.1) is 0 Å². The third kappa shape index (κ3) is 5.79. The van der Waals surface area contributed by atoms with Gasteiger partial charge >= 0.3 is 12.3 Å². The minimum atomic E-state index is -4.48. The fraction of sp³-hybridized carbons (Fsp3) is 0.889. The molecule has 1 N–H and O–H groups in total. The number of halogens is 3.